The third-order valence-electron chi connectivity index (χ3n) is 0.496. The number of carbonyl (C=O) groups excluding carboxylic acids is 2. The second-order valence-electron chi connectivity index (χ2n) is 1.39. The van der Waals surface area contributed by atoms with Gasteiger partial charge < -0.3 is 10.2 Å². The SMILES string of the molecule is CC(=O)C(C)=O.O=C(O)O. The number of hydrogen-bond acceptors (Lipinski definition) is 3. The van der Waals surface area contributed by atoms with E-state index in [1.807, 2.05) is 0 Å². The van der Waals surface area contributed by atoms with E-state index in [0.717, 1.165) is 0 Å². The summed E-state index contributed by atoms with van der Waals surface area (Å²) in [7, 11) is 0. The van der Waals surface area contributed by atoms with E-state index in [1.54, 1.807) is 0 Å². The fourth-order valence-corrected chi connectivity index (χ4v) is 0. The predicted molar refractivity (Wildman–Crippen MR) is 32.0 cm³/mol. The summed E-state index contributed by atoms with van der Waals surface area (Å²) in [4.78, 5) is 28.1. The molecule has 0 spiro atoms. The van der Waals surface area contributed by atoms with Gasteiger partial charge in [-0.15, -0.1) is 0 Å². The highest BCUT2D eigenvalue weighted by Crippen LogP contribution is 1.66. The Hall–Kier alpha value is -1.39. The van der Waals surface area contributed by atoms with Gasteiger partial charge in [0.15, 0.2) is 11.6 Å². The van der Waals surface area contributed by atoms with Gasteiger partial charge in [-0.1, -0.05) is 0 Å². The molecule has 5 heteroatoms. The Morgan fingerprint density at radius 3 is 1.00 bits per heavy atom. The van der Waals surface area contributed by atoms with E-state index < -0.39 is 6.16 Å². The summed E-state index contributed by atoms with van der Waals surface area (Å²) in [6.07, 6.45) is -1.83. The van der Waals surface area contributed by atoms with Crippen molar-refractivity contribution in [3.8, 4) is 0 Å². The normalized spacial score (nSPS) is 7.00. The van der Waals surface area contributed by atoms with Crippen molar-refractivity contribution in [2.45, 2.75) is 13.8 Å². The molecule has 10 heavy (non-hydrogen) atoms. The topological polar surface area (TPSA) is 91.7 Å². The van der Waals surface area contributed by atoms with Gasteiger partial charge in [0.2, 0.25) is 0 Å². The average Bonchev–Trinajstić information content (AvgIpc) is 1.63. The van der Waals surface area contributed by atoms with Crippen LogP contribution in [0.5, 0.6) is 0 Å². The van der Waals surface area contributed by atoms with Crippen molar-refractivity contribution in [2.75, 3.05) is 0 Å². The lowest BCUT2D eigenvalue weighted by Gasteiger charge is -1.73. The molecule has 0 aliphatic rings. The van der Waals surface area contributed by atoms with Gasteiger partial charge in [0.05, 0.1) is 0 Å². The minimum atomic E-state index is -1.83. The first-order valence-electron chi connectivity index (χ1n) is 2.31. The third-order valence-corrected chi connectivity index (χ3v) is 0.496. The number of rotatable bonds is 1. The van der Waals surface area contributed by atoms with E-state index in [-0.39, 0.29) is 11.6 Å². The van der Waals surface area contributed by atoms with E-state index in [2.05, 4.69) is 0 Å². The molecule has 0 bridgehead atoms. The van der Waals surface area contributed by atoms with Crippen molar-refractivity contribution in [2.24, 2.45) is 0 Å². The smallest absolute Gasteiger partial charge is 0.450 e. The van der Waals surface area contributed by atoms with E-state index in [4.69, 9.17) is 15.0 Å². The van der Waals surface area contributed by atoms with Gasteiger partial charge in [0, 0.05) is 13.8 Å². The quantitative estimate of drug-likeness (QED) is 0.524. The van der Waals surface area contributed by atoms with Gasteiger partial charge in [-0.25, -0.2) is 4.79 Å². The highest BCUT2D eigenvalue weighted by atomic mass is 16.6. The predicted octanol–water partition coefficient (Wildman–Crippen LogP) is 0.387. The Bertz CT molecular complexity index is 132. The van der Waals surface area contributed by atoms with Crippen LogP contribution in [0.2, 0.25) is 0 Å². The van der Waals surface area contributed by atoms with Crippen LogP contribution in [0.4, 0.5) is 4.79 Å². The van der Waals surface area contributed by atoms with Crippen molar-refractivity contribution >= 4 is 17.7 Å². The summed E-state index contributed by atoms with van der Waals surface area (Å²) < 4.78 is 0. The molecule has 0 aliphatic carbocycles. The molecule has 0 aliphatic heterocycles. The Labute approximate surface area is 57.3 Å². The summed E-state index contributed by atoms with van der Waals surface area (Å²) in [6.45, 7) is 2.50. The van der Waals surface area contributed by atoms with Crippen LogP contribution in [0.15, 0.2) is 0 Å². The zero-order valence-electron chi connectivity index (χ0n) is 5.62. The van der Waals surface area contributed by atoms with Crippen molar-refractivity contribution in [1.29, 1.82) is 0 Å². The molecule has 0 aromatic carbocycles. The lowest BCUT2D eigenvalue weighted by atomic mass is 10.3. The Morgan fingerprint density at radius 1 is 0.900 bits per heavy atom. The van der Waals surface area contributed by atoms with Crippen LogP contribution in [-0.4, -0.2) is 27.9 Å². The summed E-state index contributed by atoms with van der Waals surface area (Å²) in [5.74, 6) is -0.759. The standard InChI is InChI=1S/C4H6O2.CH2O3/c1-3(5)4(2)6;2-1(3)4/h1-2H3;(H2,2,3,4). The highest BCUT2D eigenvalue weighted by Gasteiger charge is 1.94. The molecule has 0 rings (SSSR count). The van der Waals surface area contributed by atoms with E-state index in [0.29, 0.717) is 0 Å². The summed E-state index contributed by atoms with van der Waals surface area (Å²) in [5.41, 5.74) is 0. The lowest BCUT2D eigenvalue weighted by molar-refractivity contribution is -0.134. The highest BCUT2D eigenvalue weighted by molar-refractivity contribution is 6.35. The molecule has 0 radical (unpaired) electrons. The van der Waals surface area contributed by atoms with E-state index in [9.17, 15) is 9.59 Å². The first kappa shape index (κ1) is 11.4. The molecule has 0 aromatic heterocycles. The molecule has 5 nitrogen and oxygen atoms in total. The van der Waals surface area contributed by atoms with E-state index in [1.165, 1.54) is 13.8 Å². The summed E-state index contributed by atoms with van der Waals surface area (Å²) in [6, 6.07) is 0. The largest absolute Gasteiger partial charge is 0.503 e. The van der Waals surface area contributed by atoms with Crippen LogP contribution in [0.1, 0.15) is 13.8 Å². The summed E-state index contributed by atoms with van der Waals surface area (Å²) in [5, 5.41) is 13.9. The van der Waals surface area contributed by atoms with Crippen LogP contribution < -0.4 is 0 Å². The molecule has 0 atom stereocenters. The zero-order valence-corrected chi connectivity index (χ0v) is 5.62. The maximum absolute atomic E-state index is 9.79. The Balaban J connectivity index is 0. The van der Waals surface area contributed by atoms with Gasteiger partial charge in [0.1, 0.15) is 0 Å². The summed E-state index contributed by atoms with van der Waals surface area (Å²) >= 11 is 0. The monoisotopic (exact) mass is 148 g/mol. The molecule has 0 unspecified atom stereocenters. The number of Topliss-reactive ketones (excluding diaryl/α,β-unsaturated/α-hetero) is 2. The van der Waals surface area contributed by atoms with Gasteiger partial charge in [-0.2, -0.15) is 0 Å². The Kier molecular flexibility index (Phi) is 6.55. The molecule has 0 heterocycles. The molecule has 0 saturated carbocycles. The maximum Gasteiger partial charge on any atom is 0.503 e. The first-order chi connectivity index (χ1) is 4.37. The maximum atomic E-state index is 9.79. The molecule has 0 aromatic rings. The number of carboxylic acid groups (broad SMARTS) is 2. The van der Waals surface area contributed by atoms with Crippen LogP contribution in [0.3, 0.4) is 0 Å². The van der Waals surface area contributed by atoms with E-state index >= 15 is 0 Å². The van der Waals surface area contributed by atoms with Crippen LogP contribution in [0, 0.1) is 0 Å². The third kappa shape index (κ3) is 30.5. The molecular weight excluding hydrogens is 140 g/mol. The lowest BCUT2D eigenvalue weighted by Crippen LogP contribution is -2.01. The van der Waals surface area contributed by atoms with Crippen LogP contribution in [0.25, 0.3) is 0 Å². The van der Waals surface area contributed by atoms with Crippen molar-refractivity contribution in [3.05, 3.63) is 0 Å². The number of hydrogen-bond donors (Lipinski definition) is 2. The second kappa shape index (κ2) is 5.74. The second-order valence-corrected chi connectivity index (χ2v) is 1.39. The molecule has 58 valence electrons. The molecule has 0 fully saturated rings. The minimum Gasteiger partial charge on any atom is -0.450 e. The van der Waals surface area contributed by atoms with Crippen molar-refractivity contribution < 1.29 is 24.6 Å². The molecule has 0 amide bonds. The zero-order chi connectivity index (χ0) is 8.73. The van der Waals surface area contributed by atoms with Gasteiger partial charge in [0.25, 0.3) is 0 Å². The fraction of sp³-hybridized carbons (Fsp3) is 0.400. The fourth-order valence-electron chi connectivity index (χ4n) is 0. The first-order valence-corrected chi connectivity index (χ1v) is 2.31. The van der Waals surface area contributed by atoms with Crippen molar-refractivity contribution in [3.63, 3.8) is 0 Å². The molecule has 2 N–H and O–H groups in total. The Morgan fingerprint density at radius 2 is 1.00 bits per heavy atom. The van der Waals surface area contributed by atoms with Crippen LogP contribution in [-0.2, 0) is 9.59 Å². The van der Waals surface area contributed by atoms with Gasteiger partial charge in [-0.05, 0) is 0 Å². The van der Waals surface area contributed by atoms with Crippen LogP contribution >= 0.6 is 0 Å². The number of carbonyl (C=O) groups is 3. The van der Waals surface area contributed by atoms with Gasteiger partial charge in [-0.3, -0.25) is 9.59 Å². The van der Waals surface area contributed by atoms with Gasteiger partial charge >= 0.3 is 6.16 Å². The molecule has 0 saturated heterocycles. The van der Waals surface area contributed by atoms with Crippen molar-refractivity contribution in [1.82, 2.24) is 0 Å². The minimum absolute atomic E-state index is 0.380. The molecular formula is C5H8O5. The average molecular weight is 148 g/mol. The number of ketones is 2.